The first-order valence-corrected chi connectivity index (χ1v) is 5.62. The molecule has 5 heteroatoms. The van der Waals surface area contributed by atoms with Crippen LogP contribution in [-0.4, -0.2) is 41.1 Å². The molecule has 4 nitrogen and oxygen atoms in total. The van der Waals surface area contributed by atoms with Crippen LogP contribution in [-0.2, 0) is 4.79 Å². The van der Waals surface area contributed by atoms with Crippen LogP contribution in [0.2, 0.25) is 0 Å². The molecule has 16 heavy (non-hydrogen) atoms. The fourth-order valence-corrected chi connectivity index (χ4v) is 2.95. The highest BCUT2D eigenvalue weighted by atomic mass is 19.1. The first-order valence-electron chi connectivity index (χ1n) is 5.62. The number of alkyl halides is 1. The van der Waals surface area contributed by atoms with Crippen LogP contribution < -0.4 is 0 Å². The van der Waals surface area contributed by atoms with E-state index >= 15 is 0 Å². The summed E-state index contributed by atoms with van der Waals surface area (Å²) in [6.07, 6.45) is -0.784. The number of amides is 1. The molecule has 0 radical (unpaired) electrons. The average molecular weight is 229 g/mol. The topological polar surface area (TPSA) is 57.6 Å². The summed E-state index contributed by atoms with van der Waals surface area (Å²) >= 11 is 0. The number of nitrogens with zero attached hydrogens (tertiary/aromatic N) is 1. The van der Waals surface area contributed by atoms with Gasteiger partial charge < -0.3 is 10.0 Å². The second kappa shape index (κ2) is 3.71. The number of rotatable bonds is 0. The molecule has 0 unspecified atom stereocenters. The fourth-order valence-electron chi connectivity index (χ4n) is 2.95. The molecule has 2 atom stereocenters. The van der Waals surface area contributed by atoms with Crippen molar-refractivity contribution in [1.82, 2.24) is 4.90 Å². The van der Waals surface area contributed by atoms with Crippen molar-refractivity contribution in [3.8, 4) is 0 Å². The van der Waals surface area contributed by atoms with E-state index in [0.717, 1.165) is 0 Å². The molecule has 1 heterocycles. The molecule has 1 aliphatic carbocycles. The lowest BCUT2D eigenvalue weighted by Crippen LogP contribution is -2.45. The summed E-state index contributed by atoms with van der Waals surface area (Å²) in [5.41, 5.74) is -0.579. The smallest absolute Gasteiger partial charge is 0.407 e. The van der Waals surface area contributed by atoms with Gasteiger partial charge in [0.1, 0.15) is 0 Å². The minimum absolute atomic E-state index is 0.219. The van der Waals surface area contributed by atoms with Crippen LogP contribution in [0.3, 0.4) is 0 Å². The maximum absolute atomic E-state index is 13.5. The van der Waals surface area contributed by atoms with Gasteiger partial charge in [0.05, 0.1) is 0 Å². The first-order chi connectivity index (χ1) is 7.46. The molecule has 1 amide bonds. The number of likely N-dealkylation sites (tertiary alicyclic amines) is 1. The Bertz CT molecular complexity index is 323. The zero-order chi connectivity index (χ0) is 11.9. The van der Waals surface area contributed by atoms with Gasteiger partial charge in [-0.2, -0.15) is 0 Å². The number of Topliss-reactive ketones (excluding diaryl/α,β-unsaturated/α-hetero) is 1. The number of carboxylic acid groups (broad SMARTS) is 1. The van der Waals surface area contributed by atoms with Crippen LogP contribution in [0.4, 0.5) is 9.18 Å². The zero-order valence-corrected chi connectivity index (χ0v) is 9.28. The summed E-state index contributed by atoms with van der Waals surface area (Å²) < 4.78 is 13.5. The third kappa shape index (κ3) is 1.58. The molecule has 1 aliphatic heterocycles. The van der Waals surface area contributed by atoms with E-state index in [1.54, 1.807) is 6.92 Å². The summed E-state index contributed by atoms with van der Waals surface area (Å²) in [6.45, 7) is 2.45. The lowest BCUT2D eigenvalue weighted by molar-refractivity contribution is -0.132. The van der Waals surface area contributed by atoms with Crippen molar-refractivity contribution in [2.24, 2.45) is 11.3 Å². The Hall–Kier alpha value is -1.13. The molecular weight excluding hydrogens is 213 g/mol. The van der Waals surface area contributed by atoms with Gasteiger partial charge in [-0.05, 0) is 25.2 Å². The predicted octanol–water partition coefficient (Wildman–Crippen LogP) is 1.69. The maximum atomic E-state index is 13.5. The number of hydrogen-bond acceptors (Lipinski definition) is 2. The molecule has 1 saturated carbocycles. The van der Waals surface area contributed by atoms with Crippen molar-refractivity contribution in [3.05, 3.63) is 0 Å². The molecule has 1 N–H and O–H groups in total. The van der Waals surface area contributed by atoms with E-state index < -0.39 is 17.7 Å². The maximum Gasteiger partial charge on any atom is 0.407 e. The van der Waals surface area contributed by atoms with Gasteiger partial charge in [0.15, 0.2) is 12.0 Å². The minimum atomic E-state index is -1.35. The molecule has 90 valence electrons. The summed E-state index contributed by atoms with van der Waals surface area (Å²) in [5, 5.41) is 8.81. The molecule has 2 rings (SSSR count). The van der Waals surface area contributed by atoms with Crippen molar-refractivity contribution in [1.29, 1.82) is 0 Å². The normalized spacial score (nSPS) is 33.4. The quantitative estimate of drug-likeness (QED) is 0.687. The van der Waals surface area contributed by atoms with Crippen LogP contribution in [0.1, 0.15) is 26.2 Å². The Morgan fingerprint density at radius 3 is 2.44 bits per heavy atom. The second-order valence-corrected chi connectivity index (χ2v) is 5.00. The van der Waals surface area contributed by atoms with Crippen molar-refractivity contribution >= 4 is 11.9 Å². The number of carbonyl (C=O) groups is 2. The van der Waals surface area contributed by atoms with E-state index in [-0.39, 0.29) is 11.7 Å². The molecule has 0 aromatic rings. The van der Waals surface area contributed by atoms with Crippen molar-refractivity contribution in [3.63, 3.8) is 0 Å². The number of ketones is 1. The highest BCUT2D eigenvalue weighted by molar-refractivity contribution is 5.91. The molecular formula is C11H16FNO3. The van der Waals surface area contributed by atoms with Crippen LogP contribution >= 0.6 is 0 Å². The third-order valence-corrected chi connectivity index (χ3v) is 3.98. The van der Waals surface area contributed by atoms with E-state index in [2.05, 4.69) is 0 Å². The average Bonchev–Trinajstić information content (AvgIpc) is 2.45. The van der Waals surface area contributed by atoms with E-state index in [0.29, 0.717) is 32.4 Å². The monoisotopic (exact) mass is 229 g/mol. The van der Waals surface area contributed by atoms with Gasteiger partial charge in [-0.25, -0.2) is 9.18 Å². The lowest BCUT2D eigenvalue weighted by atomic mass is 9.76. The lowest BCUT2D eigenvalue weighted by Gasteiger charge is -2.36. The van der Waals surface area contributed by atoms with Gasteiger partial charge in [0, 0.05) is 18.5 Å². The van der Waals surface area contributed by atoms with Crippen LogP contribution in [0.15, 0.2) is 0 Å². The molecule has 0 aromatic carbocycles. The summed E-state index contributed by atoms with van der Waals surface area (Å²) in [4.78, 5) is 23.9. The summed E-state index contributed by atoms with van der Waals surface area (Å²) in [6, 6.07) is 0. The largest absolute Gasteiger partial charge is 0.465 e. The number of halogens is 1. The Labute approximate surface area is 93.4 Å². The number of piperidine rings is 1. The van der Waals surface area contributed by atoms with E-state index in [1.807, 2.05) is 0 Å². The van der Waals surface area contributed by atoms with Gasteiger partial charge in [0.2, 0.25) is 0 Å². The van der Waals surface area contributed by atoms with Crippen LogP contribution in [0, 0.1) is 11.3 Å². The van der Waals surface area contributed by atoms with E-state index in [1.165, 1.54) is 4.90 Å². The predicted molar refractivity (Wildman–Crippen MR) is 54.9 cm³/mol. The van der Waals surface area contributed by atoms with Crippen molar-refractivity contribution in [2.75, 3.05) is 13.1 Å². The van der Waals surface area contributed by atoms with E-state index in [9.17, 15) is 14.0 Å². The van der Waals surface area contributed by atoms with Crippen LogP contribution in [0.5, 0.6) is 0 Å². The van der Waals surface area contributed by atoms with Gasteiger partial charge in [-0.3, -0.25) is 4.79 Å². The van der Waals surface area contributed by atoms with Gasteiger partial charge in [-0.15, -0.1) is 0 Å². The van der Waals surface area contributed by atoms with Gasteiger partial charge >= 0.3 is 6.09 Å². The number of carbonyl (C=O) groups excluding carboxylic acids is 1. The SMILES string of the molecule is C[C@@H]1CC2(CCN(C(=O)O)CC2)C(=O)[C@H]1F. The molecule has 2 fully saturated rings. The summed E-state index contributed by atoms with van der Waals surface area (Å²) in [7, 11) is 0. The highest BCUT2D eigenvalue weighted by Gasteiger charge is 2.53. The Morgan fingerprint density at radius 1 is 1.50 bits per heavy atom. The zero-order valence-electron chi connectivity index (χ0n) is 9.28. The van der Waals surface area contributed by atoms with Crippen LogP contribution in [0.25, 0.3) is 0 Å². The fraction of sp³-hybridized carbons (Fsp3) is 0.818. The second-order valence-electron chi connectivity index (χ2n) is 5.00. The summed E-state index contributed by atoms with van der Waals surface area (Å²) in [5.74, 6) is -0.520. The van der Waals surface area contributed by atoms with E-state index in [4.69, 9.17) is 5.11 Å². The van der Waals surface area contributed by atoms with Gasteiger partial charge in [0.25, 0.3) is 0 Å². The Morgan fingerprint density at radius 2 is 2.06 bits per heavy atom. The molecule has 2 aliphatic rings. The molecule has 1 spiro atoms. The van der Waals surface area contributed by atoms with Crippen molar-refractivity contribution in [2.45, 2.75) is 32.4 Å². The highest BCUT2D eigenvalue weighted by Crippen LogP contribution is 2.47. The minimum Gasteiger partial charge on any atom is -0.465 e. The standard InChI is InChI=1S/C11H16FNO3/c1-7-6-11(9(14)8(7)12)2-4-13(5-3-11)10(15)16/h7-8H,2-6H2,1H3,(H,15,16)/t7-,8+/m1/s1. The Kier molecular flexibility index (Phi) is 2.64. The third-order valence-electron chi connectivity index (χ3n) is 3.98. The van der Waals surface area contributed by atoms with Crippen molar-refractivity contribution < 1.29 is 19.1 Å². The number of hydrogen-bond donors (Lipinski definition) is 1. The first kappa shape index (κ1) is 11.4. The Balaban J connectivity index is 2.08. The van der Waals surface area contributed by atoms with Gasteiger partial charge in [-0.1, -0.05) is 6.92 Å². The molecule has 0 aromatic heterocycles. The molecule has 1 saturated heterocycles. The molecule has 0 bridgehead atoms.